The summed E-state index contributed by atoms with van der Waals surface area (Å²) < 4.78 is 0. The van der Waals surface area contributed by atoms with E-state index in [4.69, 9.17) is 0 Å². The molecule has 1 aliphatic heterocycles. The second-order valence-electron chi connectivity index (χ2n) is 7.66. The Balaban J connectivity index is 1.69. The smallest absolute Gasteiger partial charge is 0.231 e. The second-order valence-corrected chi connectivity index (χ2v) is 7.66. The molecule has 2 aromatic carbocycles. The number of amides is 1. The van der Waals surface area contributed by atoms with Crippen molar-refractivity contribution in [1.82, 2.24) is 4.90 Å². The molecule has 1 N–H and O–H groups in total. The molecule has 0 radical (unpaired) electrons. The molecule has 1 saturated heterocycles. The number of benzene rings is 2. The molecule has 4 heteroatoms. The molecule has 0 aromatic heterocycles. The van der Waals surface area contributed by atoms with Crippen molar-refractivity contribution in [3.63, 3.8) is 0 Å². The molecular formula is C24H33N3O. The maximum Gasteiger partial charge on any atom is 0.231 e. The zero-order chi connectivity index (χ0) is 19.9. The molecular weight excluding hydrogens is 346 g/mol. The summed E-state index contributed by atoms with van der Waals surface area (Å²) in [5, 5.41) is 3.15. The molecule has 3 rings (SSSR count). The van der Waals surface area contributed by atoms with Gasteiger partial charge in [-0.3, -0.25) is 4.79 Å². The van der Waals surface area contributed by atoms with Crippen molar-refractivity contribution in [3.8, 4) is 0 Å². The van der Waals surface area contributed by atoms with Crippen molar-refractivity contribution < 1.29 is 4.79 Å². The number of carbonyl (C=O) groups is 1. The number of nitrogens with zero attached hydrogens (tertiary/aromatic N) is 2. The first kappa shape index (κ1) is 20.4. The summed E-state index contributed by atoms with van der Waals surface area (Å²) >= 11 is 0. The monoisotopic (exact) mass is 379 g/mol. The van der Waals surface area contributed by atoms with Gasteiger partial charge in [-0.1, -0.05) is 50.6 Å². The normalized spacial score (nSPS) is 16.0. The fourth-order valence-electron chi connectivity index (χ4n) is 4.05. The van der Waals surface area contributed by atoms with Crippen molar-refractivity contribution in [1.29, 1.82) is 0 Å². The maximum atomic E-state index is 12.9. The number of aryl methyl sites for hydroxylation is 1. The number of piperazine rings is 1. The molecule has 1 amide bonds. The summed E-state index contributed by atoms with van der Waals surface area (Å²) in [7, 11) is 0. The van der Waals surface area contributed by atoms with Crippen LogP contribution in [-0.2, 0) is 4.79 Å². The number of rotatable bonds is 7. The lowest BCUT2D eigenvalue weighted by atomic mass is 9.93. The van der Waals surface area contributed by atoms with Gasteiger partial charge < -0.3 is 15.1 Å². The van der Waals surface area contributed by atoms with Crippen LogP contribution in [0.5, 0.6) is 0 Å². The van der Waals surface area contributed by atoms with Gasteiger partial charge in [-0.05, 0) is 49.2 Å². The number of nitrogens with one attached hydrogen (secondary N) is 1. The Bertz CT molecular complexity index is 767. The molecule has 1 aliphatic rings. The molecule has 1 atom stereocenters. The first-order chi connectivity index (χ1) is 13.6. The van der Waals surface area contributed by atoms with E-state index in [-0.39, 0.29) is 11.8 Å². The molecule has 0 bridgehead atoms. The van der Waals surface area contributed by atoms with Gasteiger partial charge in [0.15, 0.2) is 0 Å². The van der Waals surface area contributed by atoms with E-state index in [2.05, 4.69) is 48.0 Å². The van der Waals surface area contributed by atoms with Gasteiger partial charge in [-0.15, -0.1) is 0 Å². The highest BCUT2D eigenvalue weighted by Crippen LogP contribution is 2.27. The summed E-state index contributed by atoms with van der Waals surface area (Å²) in [5.41, 5.74) is 4.47. The Morgan fingerprint density at radius 2 is 1.75 bits per heavy atom. The van der Waals surface area contributed by atoms with E-state index in [9.17, 15) is 4.79 Å². The van der Waals surface area contributed by atoms with Crippen molar-refractivity contribution in [2.45, 2.75) is 39.5 Å². The molecule has 0 aliphatic carbocycles. The van der Waals surface area contributed by atoms with Gasteiger partial charge in [0, 0.05) is 37.6 Å². The zero-order valence-corrected chi connectivity index (χ0v) is 17.4. The maximum absolute atomic E-state index is 12.9. The summed E-state index contributed by atoms with van der Waals surface area (Å²) in [4.78, 5) is 17.9. The number of likely N-dealkylation sites (N-methyl/N-ethyl adjacent to an activating group) is 1. The van der Waals surface area contributed by atoms with Crippen molar-refractivity contribution in [2.75, 3.05) is 42.9 Å². The van der Waals surface area contributed by atoms with Gasteiger partial charge in [0.2, 0.25) is 5.91 Å². The molecule has 1 unspecified atom stereocenters. The largest absolute Gasteiger partial charge is 0.369 e. The highest BCUT2D eigenvalue weighted by molar-refractivity contribution is 5.96. The third-order valence-corrected chi connectivity index (χ3v) is 5.72. The molecule has 0 saturated carbocycles. The SMILES string of the molecule is CCCC(C(=O)Nc1ccc(N2CCN(CC)CC2)c(C)c1)c1ccccc1. The zero-order valence-electron chi connectivity index (χ0n) is 17.4. The molecule has 28 heavy (non-hydrogen) atoms. The Kier molecular flexibility index (Phi) is 7.10. The summed E-state index contributed by atoms with van der Waals surface area (Å²) in [6.07, 6.45) is 1.84. The fraction of sp³-hybridized carbons (Fsp3) is 0.458. The first-order valence-corrected chi connectivity index (χ1v) is 10.6. The van der Waals surface area contributed by atoms with Gasteiger partial charge in [0.05, 0.1) is 5.92 Å². The van der Waals surface area contributed by atoms with Crippen LogP contribution in [0.25, 0.3) is 0 Å². The van der Waals surface area contributed by atoms with E-state index in [0.717, 1.165) is 56.8 Å². The van der Waals surface area contributed by atoms with E-state index < -0.39 is 0 Å². The first-order valence-electron chi connectivity index (χ1n) is 10.6. The highest BCUT2D eigenvalue weighted by atomic mass is 16.1. The Morgan fingerprint density at radius 3 is 2.36 bits per heavy atom. The minimum absolute atomic E-state index is 0.0803. The van der Waals surface area contributed by atoms with Crippen LogP contribution in [0.15, 0.2) is 48.5 Å². The minimum Gasteiger partial charge on any atom is -0.369 e. The van der Waals surface area contributed by atoms with Crippen LogP contribution >= 0.6 is 0 Å². The van der Waals surface area contributed by atoms with E-state index in [1.54, 1.807) is 0 Å². The van der Waals surface area contributed by atoms with Gasteiger partial charge in [-0.2, -0.15) is 0 Å². The minimum atomic E-state index is -0.103. The van der Waals surface area contributed by atoms with E-state index in [0.29, 0.717) is 0 Å². The van der Waals surface area contributed by atoms with E-state index >= 15 is 0 Å². The van der Waals surface area contributed by atoms with E-state index in [1.807, 2.05) is 36.4 Å². The summed E-state index contributed by atoms with van der Waals surface area (Å²) in [5.74, 6) is -0.0231. The number of hydrogen-bond acceptors (Lipinski definition) is 3. The second kappa shape index (κ2) is 9.74. The predicted octanol–water partition coefficient (Wildman–Crippen LogP) is 4.66. The molecule has 0 spiro atoms. The van der Waals surface area contributed by atoms with Gasteiger partial charge >= 0.3 is 0 Å². The van der Waals surface area contributed by atoms with E-state index in [1.165, 1.54) is 11.3 Å². The van der Waals surface area contributed by atoms with Crippen LogP contribution in [0.3, 0.4) is 0 Å². The van der Waals surface area contributed by atoms with Gasteiger partial charge in [-0.25, -0.2) is 0 Å². The number of carbonyl (C=O) groups excluding carboxylic acids is 1. The standard InChI is InChI=1S/C24H33N3O/c1-4-9-22(20-10-7-6-8-11-20)24(28)25-21-12-13-23(19(3)18-21)27-16-14-26(5-2)15-17-27/h6-8,10-13,18,22H,4-5,9,14-17H2,1-3H3,(H,25,28). The molecule has 1 heterocycles. The van der Waals surface area contributed by atoms with Crippen LogP contribution in [-0.4, -0.2) is 43.5 Å². The third kappa shape index (κ3) is 4.93. The van der Waals surface area contributed by atoms with Crippen LogP contribution in [0.1, 0.15) is 43.7 Å². The van der Waals surface area contributed by atoms with Crippen molar-refractivity contribution in [2.24, 2.45) is 0 Å². The lowest BCUT2D eigenvalue weighted by Gasteiger charge is -2.36. The molecule has 2 aromatic rings. The highest BCUT2D eigenvalue weighted by Gasteiger charge is 2.21. The van der Waals surface area contributed by atoms with Crippen LogP contribution in [0, 0.1) is 6.92 Å². The Hall–Kier alpha value is -2.33. The molecule has 150 valence electrons. The number of anilines is 2. The van der Waals surface area contributed by atoms with Crippen molar-refractivity contribution >= 4 is 17.3 Å². The van der Waals surface area contributed by atoms with Crippen molar-refractivity contribution in [3.05, 3.63) is 59.7 Å². The van der Waals surface area contributed by atoms with Crippen LogP contribution < -0.4 is 10.2 Å². The summed E-state index contributed by atoms with van der Waals surface area (Å²) in [6.45, 7) is 12.0. The molecule has 1 fully saturated rings. The van der Waals surface area contributed by atoms with Crippen LogP contribution in [0.2, 0.25) is 0 Å². The quantitative estimate of drug-likeness (QED) is 0.760. The third-order valence-electron chi connectivity index (χ3n) is 5.72. The lowest BCUT2D eigenvalue weighted by Crippen LogP contribution is -2.46. The fourth-order valence-corrected chi connectivity index (χ4v) is 4.05. The lowest BCUT2D eigenvalue weighted by molar-refractivity contribution is -0.117. The molecule has 4 nitrogen and oxygen atoms in total. The average molecular weight is 380 g/mol. The van der Waals surface area contributed by atoms with Gasteiger partial charge in [0.1, 0.15) is 0 Å². The Labute approximate surface area is 169 Å². The topological polar surface area (TPSA) is 35.6 Å². The number of hydrogen-bond donors (Lipinski definition) is 1. The average Bonchev–Trinajstić information content (AvgIpc) is 2.73. The summed E-state index contributed by atoms with van der Waals surface area (Å²) in [6, 6.07) is 16.4. The Morgan fingerprint density at radius 1 is 1.04 bits per heavy atom. The van der Waals surface area contributed by atoms with Gasteiger partial charge in [0.25, 0.3) is 0 Å². The van der Waals surface area contributed by atoms with Crippen LogP contribution in [0.4, 0.5) is 11.4 Å². The predicted molar refractivity (Wildman–Crippen MR) is 118 cm³/mol.